The van der Waals surface area contributed by atoms with Crippen molar-refractivity contribution >= 4 is 11.7 Å². The van der Waals surface area contributed by atoms with E-state index in [1.807, 2.05) is 6.08 Å². The second-order valence-corrected chi connectivity index (χ2v) is 2.69. The summed E-state index contributed by atoms with van der Waals surface area (Å²) in [6.45, 7) is 5.77. The molecule has 0 aliphatic heterocycles. The molecule has 0 aromatic rings. The summed E-state index contributed by atoms with van der Waals surface area (Å²) in [4.78, 5) is 10.3. The van der Waals surface area contributed by atoms with E-state index < -0.39 is 5.97 Å². The zero-order valence-electron chi connectivity index (χ0n) is 7.92. The quantitative estimate of drug-likeness (QED) is 0.272. The van der Waals surface area contributed by atoms with Crippen molar-refractivity contribution in [2.75, 3.05) is 6.54 Å². The Morgan fingerprint density at radius 2 is 2.31 bits per heavy atom. The standard InChI is InChI=1S/C9H16N2O2/c1-3-4-5-6-7-10-11-8(2)9(12)13/h3,10H,1,4-7H2,2H3,(H,12,13)/b11-8+. The van der Waals surface area contributed by atoms with Crippen LogP contribution in [0.4, 0.5) is 0 Å². The molecule has 0 aromatic heterocycles. The van der Waals surface area contributed by atoms with Crippen molar-refractivity contribution < 1.29 is 9.90 Å². The Labute approximate surface area is 78.3 Å². The maximum absolute atomic E-state index is 10.3. The summed E-state index contributed by atoms with van der Waals surface area (Å²) >= 11 is 0. The number of carboxylic acids is 1. The van der Waals surface area contributed by atoms with Crippen LogP contribution < -0.4 is 5.43 Å². The van der Waals surface area contributed by atoms with Gasteiger partial charge in [-0.1, -0.05) is 6.08 Å². The van der Waals surface area contributed by atoms with Crippen molar-refractivity contribution in [2.45, 2.75) is 26.2 Å². The Morgan fingerprint density at radius 3 is 2.85 bits per heavy atom. The molecule has 0 fully saturated rings. The molecule has 0 spiro atoms. The van der Waals surface area contributed by atoms with Gasteiger partial charge in [-0.05, 0) is 26.2 Å². The van der Waals surface area contributed by atoms with Crippen LogP contribution in [0.5, 0.6) is 0 Å². The minimum Gasteiger partial charge on any atom is -0.477 e. The van der Waals surface area contributed by atoms with Crippen molar-refractivity contribution in [1.29, 1.82) is 0 Å². The van der Waals surface area contributed by atoms with Gasteiger partial charge in [-0.2, -0.15) is 5.10 Å². The van der Waals surface area contributed by atoms with Gasteiger partial charge in [-0.15, -0.1) is 6.58 Å². The molecule has 0 radical (unpaired) electrons. The van der Waals surface area contributed by atoms with Gasteiger partial charge in [0.05, 0.1) is 0 Å². The predicted octanol–water partition coefficient (Wildman–Crippen LogP) is 1.39. The van der Waals surface area contributed by atoms with Crippen LogP contribution in [-0.2, 0) is 4.79 Å². The number of hydrogen-bond acceptors (Lipinski definition) is 3. The van der Waals surface area contributed by atoms with Gasteiger partial charge >= 0.3 is 5.97 Å². The number of aliphatic carboxylic acids is 1. The van der Waals surface area contributed by atoms with E-state index in [0.29, 0.717) is 6.54 Å². The third-order valence-corrected chi connectivity index (χ3v) is 1.50. The molecule has 0 rings (SSSR count). The van der Waals surface area contributed by atoms with E-state index in [4.69, 9.17) is 5.11 Å². The fraction of sp³-hybridized carbons (Fsp3) is 0.556. The summed E-state index contributed by atoms with van der Waals surface area (Å²) in [5, 5.41) is 12.1. The van der Waals surface area contributed by atoms with Crippen LogP contribution in [0, 0.1) is 0 Å². The normalized spacial score (nSPS) is 11.0. The summed E-state index contributed by atoms with van der Waals surface area (Å²) < 4.78 is 0. The highest BCUT2D eigenvalue weighted by Crippen LogP contribution is 1.93. The molecule has 0 aromatic carbocycles. The molecule has 2 N–H and O–H groups in total. The van der Waals surface area contributed by atoms with Crippen LogP contribution in [-0.4, -0.2) is 23.3 Å². The van der Waals surface area contributed by atoms with Crippen molar-refractivity contribution in [3.05, 3.63) is 12.7 Å². The number of allylic oxidation sites excluding steroid dienone is 1. The first kappa shape index (κ1) is 11.7. The Bertz CT molecular complexity index is 200. The second-order valence-electron chi connectivity index (χ2n) is 2.69. The van der Waals surface area contributed by atoms with Crippen LogP contribution >= 0.6 is 0 Å². The van der Waals surface area contributed by atoms with Gasteiger partial charge in [-0.3, -0.25) is 0 Å². The predicted molar refractivity (Wildman–Crippen MR) is 52.8 cm³/mol. The molecule has 0 saturated heterocycles. The molecule has 0 unspecified atom stereocenters. The Morgan fingerprint density at radius 1 is 1.62 bits per heavy atom. The summed E-state index contributed by atoms with van der Waals surface area (Å²) in [5.41, 5.74) is 2.79. The monoisotopic (exact) mass is 184 g/mol. The number of hydrazone groups is 1. The van der Waals surface area contributed by atoms with Gasteiger partial charge in [-0.25, -0.2) is 4.79 Å². The van der Waals surface area contributed by atoms with Crippen LogP contribution in [0.1, 0.15) is 26.2 Å². The summed E-state index contributed by atoms with van der Waals surface area (Å²) in [7, 11) is 0. The smallest absolute Gasteiger partial charge is 0.351 e. The SMILES string of the molecule is C=CCCCCN/N=C(\C)C(=O)O. The number of carbonyl (C=O) groups is 1. The number of rotatable bonds is 7. The van der Waals surface area contributed by atoms with E-state index in [0.717, 1.165) is 19.3 Å². The molecule has 0 bridgehead atoms. The van der Waals surface area contributed by atoms with Crippen molar-refractivity contribution in [3.8, 4) is 0 Å². The summed E-state index contributed by atoms with van der Waals surface area (Å²) in [6, 6.07) is 0. The number of nitrogens with zero attached hydrogens (tertiary/aromatic N) is 1. The molecule has 0 aliphatic carbocycles. The van der Waals surface area contributed by atoms with Crippen molar-refractivity contribution in [3.63, 3.8) is 0 Å². The maximum Gasteiger partial charge on any atom is 0.351 e. The van der Waals surface area contributed by atoms with Crippen LogP contribution in [0.2, 0.25) is 0 Å². The zero-order chi connectivity index (χ0) is 10.1. The van der Waals surface area contributed by atoms with E-state index in [2.05, 4.69) is 17.1 Å². The average Bonchev–Trinajstić information content (AvgIpc) is 2.10. The lowest BCUT2D eigenvalue weighted by Crippen LogP contribution is -2.15. The van der Waals surface area contributed by atoms with Crippen molar-refractivity contribution in [1.82, 2.24) is 5.43 Å². The van der Waals surface area contributed by atoms with Gasteiger partial charge in [0.25, 0.3) is 0 Å². The molecule has 0 amide bonds. The largest absolute Gasteiger partial charge is 0.477 e. The van der Waals surface area contributed by atoms with Crippen LogP contribution in [0.15, 0.2) is 17.8 Å². The molecular formula is C9H16N2O2. The molecule has 0 saturated carbocycles. The number of unbranched alkanes of at least 4 members (excludes halogenated alkanes) is 2. The minimum atomic E-state index is -0.987. The first-order valence-corrected chi connectivity index (χ1v) is 4.29. The van der Waals surface area contributed by atoms with Crippen LogP contribution in [0.25, 0.3) is 0 Å². The summed E-state index contributed by atoms with van der Waals surface area (Å²) in [5.74, 6) is -0.987. The molecule has 0 atom stereocenters. The van der Waals surface area contributed by atoms with Crippen LogP contribution in [0.3, 0.4) is 0 Å². The van der Waals surface area contributed by atoms with E-state index in [-0.39, 0.29) is 5.71 Å². The fourth-order valence-electron chi connectivity index (χ4n) is 0.715. The first-order chi connectivity index (χ1) is 6.18. The molecule has 0 heterocycles. The van der Waals surface area contributed by atoms with Gasteiger partial charge in [0.2, 0.25) is 0 Å². The lowest BCUT2D eigenvalue weighted by Gasteiger charge is -1.99. The van der Waals surface area contributed by atoms with E-state index in [9.17, 15) is 4.79 Å². The molecule has 13 heavy (non-hydrogen) atoms. The average molecular weight is 184 g/mol. The third kappa shape index (κ3) is 7.05. The highest BCUT2D eigenvalue weighted by atomic mass is 16.4. The lowest BCUT2D eigenvalue weighted by atomic mass is 10.2. The molecule has 4 heteroatoms. The van der Waals surface area contributed by atoms with E-state index in [1.54, 1.807) is 0 Å². The molecule has 74 valence electrons. The Balaban J connectivity index is 3.39. The Kier molecular flexibility index (Phi) is 6.59. The van der Waals surface area contributed by atoms with E-state index >= 15 is 0 Å². The maximum atomic E-state index is 10.3. The molecule has 0 aliphatic rings. The first-order valence-electron chi connectivity index (χ1n) is 4.29. The summed E-state index contributed by atoms with van der Waals surface area (Å²) in [6.07, 6.45) is 4.88. The molecular weight excluding hydrogens is 168 g/mol. The minimum absolute atomic E-state index is 0.0868. The molecule has 4 nitrogen and oxygen atoms in total. The second kappa shape index (κ2) is 7.34. The van der Waals surface area contributed by atoms with Gasteiger partial charge in [0, 0.05) is 6.54 Å². The number of hydrogen-bond donors (Lipinski definition) is 2. The number of nitrogens with one attached hydrogen (secondary N) is 1. The topological polar surface area (TPSA) is 61.7 Å². The lowest BCUT2D eigenvalue weighted by molar-refractivity contribution is -0.129. The third-order valence-electron chi connectivity index (χ3n) is 1.50. The fourth-order valence-corrected chi connectivity index (χ4v) is 0.715. The van der Waals surface area contributed by atoms with E-state index in [1.165, 1.54) is 6.92 Å². The van der Waals surface area contributed by atoms with Gasteiger partial charge in [0.1, 0.15) is 5.71 Å². The van der Waals surface area contributed by atoms with Crippen molar-refractivity contribution in [2.24, 2.45) is 5.10 Å². The highest BCUT2D eigenvalue weighted by Gasteiger charge is 1.99. The van der Waals surface area contributed by atoms with Gasteiger partial charge < -0.3 is 10.5 Å². The number of carboxylic acid groups (broad SMARTS) is 1. The zero-order valence-corrected chi connectivity index (χ0v) is 7.92. The highest BCUT2D eigenvalue weighted by molar-refractivity contribution is 6.34. The Hall–Kier alpha value is -1.32. The van der Waals surface area contributed by atoms with Gasteiger partial charge in [0.15, 0.2) is 0 Å².